The van der Waals surface area contributed by atoms with Crippen molar-refractivity contribution in [2.24, 2.45) is 0 Å². The zero-order valence-corrected chi connectivity index (χ0v) is 15.9. The number of hydrogen-bond acceptors (Lipinski definition) is 3. The summed E-state index contributed by atoms with van der Waals surface area (Å²) in [5.41, 5.74) is 4.87. The lowest BCUT2D eigenvalue weighted by atomic mass is 10.1. The van der Waals surface area contributed by atoms with Gasteiger partial charge in [0.15, 0.2) is 11.5 Å². The van der Waals surface area contributed by atoms with Crippen LogP contribution in [0.25, 0.3) is 0 Å². The summed E-state index contributed by atoms with van der Waals surface area (Å²) < 4.78 is 12.2. The van der Waals surface area contributed by atoms with Crippen LogP contribution < -0.4 is 14.8 Å². The Balaban J connectivity index is 2.18. The smallest absolute Gasteiger partial charge is 0.174 e. The van der Waals surface area contributed by atoms with E-state index in [0.717, 1.165) is 32.9 Å². The summed E-state index contributed by atoms with van der Waals surface area (Å²) in [6, 6.07) is 10.4. The Labute approximate surface area is 151 Å². The summed E-state index contributed by atoms with van der Waals surface area (Å²) in [7, 11) is 1.66. The molecule has 0 aliphatic carbocycles. The van der Waals surface area contributed by atoms with Gasteiger partial charge >= 0.3 is 0 Å². The first-order valence-corrected chi connectivity index (χ1v) is 8.55. The van der Waals surface area contributed by atoms with Gasteiger partial charge in [0.05, 0.1) is 10.7 Å². The van der Waals surface area contributed by atoms with E-state index in [2.05, 4.69) is 72.6 Å². The predicted octanol–water partition coefficient (Wildman–Crippen LogP) is 5.09. The number of methoxy groups -OCH3 is 1. The molecule has 2 aromatic carbocycles. The monoisotopic (exact) mass is 423 g/mol. The van der Waals surface area contributed by atoms with Gasteiger partial charge in [-0.25, -0.2) is 0 Å². The Morgan fingerprint density at radius 3 is 2.74 bits per heavy atom. The molecule has 1 N–H and O–H groups in total. The number of aryl methyl sites for hydroxylation is 1. The van der Waals surface area contributed by atoms with Gasteiger partial charge < -0.3 is 14.8 Å². The second kappa shape index (κ2) is 8.24. The molecule has 0 atom stereocenters. The normalized spacial score (nSPS) is 10.3. The molecule has 2 rings (SSSR count). The predicted molar refractivity (Wildman–Crippen MR) is 105 cm³/mol. The van der Waals surface area contributed by atoms with Gasteiger partial charge in [0.25, 0.3) is 0 Å². The van der Waals surface area contributed by atoms with Crippen LogP contribution in [0, 0.1) is 17.4 Å². The first-order chi connectivity index (χ1) is 11.1. The van der Waals surface area contributed by atoms with Crippen LogP contribution in [0.1, 0.15) is 16.7 Å². The summed E-state index contributed by atoms with van der Waals surface area (Å²) in [6.45, 7) is 9.13. The lowest BCUT2D eigenvalue weighted by molar-refractivity contribution is 0.324. The van der Waals surface area contributed by atoms with E-state index < -0.39 is 0 Å². The number of benzene rings is 2. The number of rotatable bonds is 7. The van der Waals surface area contributed by atoms with E-state index in [9.17, 15) is 0 Å². The number of nitrogens with one attached hydrogen (secondary N) is 1. The van der Waals surface area contributed by atoms with Gasteiger partial charge in [0.2, 0.25) is 0 Å². The summed E-state index contributed by atoms with van der Waals surface area (Å²) in [4.78, 5) is 0. The van der Waals surface area contributed by atoms with Crippen LogP contribution in [-0.4, -0.2) is 13.7 Å². The van der Waals surface area contributed by atoms with Crippen LogP contribution in [0.15, 0.2) is 43.0 Å². The lowest BCUT2D eigenvalue weighted by Gasteiger charge is -2.15. The van der Waals surface area contributed by atoms with E-state index in [1.165, 1.54) is 11.1 Å². The molecule has 0 bridgehead atoms. The minimum atomic E-state index is 0.465. The fourth-order valence-corrected chi connectivity index (χ4v) is 3.12. The molecule has 0 aromatic heterocycles. The van der Waals surface area contributed by atoms with Crippen LogP contribution in [0.5, 0.6) is 11.5 Å². The van der Waals surface area contributed by atoms with Crippen molar-refractivity contribution in [1.82, 2.24) is 0 Å². The maximum absolute atomic E-state index is 5.69. The summed E-state index contributed by atoms with van der Waals surface area (Å²) in [6.07, 6.45) is 1.73. The SMILES string of the molecule is C=CCOc1c(I)cc(CNc2cccc(C)c2C)cc1OC. The molecule has 0 radical (unpaired) electrons. The highest BCUT2D eigenvalue weighted by atomic mass is 127. The number of ether oxygens (including phenoxy) is 2. The molecule has 0 saturated carbocycles. The molecule has 0 aliphatic heterocycles. The van der Waals surface area contributed by atoms with Crippen LogP contribution in [0.3, 0.4) is 0 Å². The molecule has 3 nitrogen and oxygen atoms in total. The molecule has 0 saturated heterocycles. The Morgan fingerprint density at radius 2 is 2.04 bits per heavy atom. The molecule has 2 aromatic rings. The molecule has 0 fully saturated rings. The number of anilines is 1. The van der Waals surface area contributed by atoms with Gasteiger partial charge in [-0.15, -0.1) is 0 Å². The maximum atomic E-state index is 5.69. The summed E-state index contributed by atoms with van der Waals surface area (Å²) >= 11 is 2.27. The molecule has 0 aliphatic rings. The van der Waals surface area contributed by atoms with Gasteiger partial charge in [0.1, 0.15) is 6.61 Å². The summed E-state index contributed by atoms with van der Waals surface area (Å²) in [5.74, 6) is 1.51. The standard InChI is InChI=1S/C19H22INO2/c1-5-9-23-19-16(20)10-15(11-18(19)22-4)12-21-17-8-6-7-13(2)14(17)3/h5-8,10-11,21H,1,9,12H2,2-4H3. The topological polar surface area (TPSA) is 30.5 Å². The second-order valence-electron chi connectivity index (χ2n) is 5.31. The third-order valence-corrected chi connectivity index (χ3v) is 4.52. The zero-order chi connectivity index (χ0) is 16.8. The number of hydrogen-bond donors (Lipinski definition) is 1. The average Bonchev–Trinajstić information content (AvgIpc) is 2.54. The summed E-state index contributed by atoms with van der Waals surface area (Å²) in [5, 5.41) is 3.50. The van der Waals surface area contributed by atoms with Crippen molar-refractivity contribution in [2.75, 3.05) is 19.0 Å². The molecule has 4 heteroatoms. The van der Waals surface area contributed by atoms with Crippen molar-refractivity contribution in [1.29, 1.82) is 0 Å². The van der Waals surface area contributed by atoms with E-state index in [0.29, 0.717) is 6.61 Å². The highest BCUT2D eigenvalue weighted by molar-refractivity contribution is 14.1. The highest BCUT2D eigenvalue weighted by Gasteiger charge is 2.11. The van der Waals surface area contributed by atoms with Crippen LogP contribution in [-0.2, 0) is 6.54 Å². The molecule has 0 unspecified atom stereocenters. The Hall–Kier alpha value is -1.69. The van der Waals surface area contributed by atoms with Gasteiger partial charge in [-0.2, -0.15) is 0 Å². The van der Waals surface area contributed by atoms with Crippen molar-refractivity contribution in [3.63, 3.8) is 0 Å². The second-order valence-corrected chi connectivity index (χ2v) is 6.47. The quantitative estimate of drug-likeness (QED) is 0.497. The minimum Gasteiger partial charge on any atom is -0.493 e. The van der Waals surface area contributed by atoms with E-state index in [1.54, 1.807) is 13.2 Å². The van der Waals surface area contributed by atoms with E-state index in [4.69, 9.17) is 9.47 Å². The van der Waals surface area contributed by atoms with Gasteiger partial charge in [-0.1, -0.05) is 24.8 Å². The van der Waals surface area contributed by atoms with Gasteiger partial charge in [-0.05, 0) is 71.3 Å². The van der Waals surface area contributed by atoms with Crippen molar-refractivity contribution in [2.45, 2.75) is 20.4 Å². The third-order valence-electron chi connectivity index (χ3n) is 3.72. The molecule has 23 heavy (non-hydrogen) atoms. The van der Waals surface area contributed by atoms with Crippen molar-refractivity contribution in [3.8, 4) is 11.5 Å². The first kappa shape index (κ1) is 17.7. The zero-order valence-electron chi connectivity index (χ0n) is 13.8. The van der Waals surface area contributed by atoms with E-state index >= 15 is 0 Å². The minimum absolute atomic E-state index is 0.465. The highest BCUT2D eigenvalue weighted by Crippen LogP contribution is 2.34. The fraction of sp³-hybridized carbons (Fsp3) is 0.263. The molecule has 0 heterocycles. The van der Waals surface area contributed by atoms with Crippen LogP contribution >= 0.6 is 22.6 Å². The van der Waals surface area contributed by atoms with E-state index in [1.807, 2.05) is 6.07 Å². The van der Waals surface area contributed by atoms with Crippen molar-refractivity contribution >= 4 is 28.3 Å². The van der Waals surface area contributed by atoms with Crippen molar-refractivity contribution in [3.05, 3.63) is 63.2 Å². The Morgan fingerprint density at radius 1 is 1.26 bits per heavy atom. The number of halogens is 1. The fourth-order valence-electron chi connectivity index (χ4n) is 2.30. The van der Waals surface area contributed by atoms with Crippen LogP contribution in [0.4, 0.5) is 5.69 Å². The Bertz CT molecular complexity index is 698. The first-order valence-electron chi connectivity index (χ1n) is 7.47. The maximum Gasteiger partial charge on any atom is 0.174 e. The third kappa shape index (κ3) is 4.41. The molecular formula is C19H22INO2. The molecular weight excluding hydrogens is 401 g/mol. The Kier molecular flexibility index (Phi) is 6.33. The average molecular weight is 423 g/mol. The van der Waals surface area contributed by atoms with Gasteiger partial charge in [-0.3, -0.25) is 0 Å². The van der Waals surface area contributed by atoms with Gasteiger partial charge in [0, 0.05) is 12.2 Å². The lowest BCUT2D eigenvalue weighted by Crippen LogP contribution is -2.04. The van der Waals surface area contributed by atoms with Crippen LogP contribution in [0.2, 0.25) is 0 Å². The largest absolute Gasteiger partial charge is 0.493 e. The van der Waals surface area contributed by atoms with Crippen molar-refractivity contribution < 1.29 is 9.47 Å². The van der Waals surface area contributed by atoms with E-state index in [-0.39, 0.29) is 0 Å². The molecule has 0 spiro atoms. The molecule has 122 valence electrons. The molecule has 0 amide bonds.